The Morgan fingerprint density at radius 3 is 2.74 bits per heavy atom. The summed E-state index contributed by atoms with van der Waals surface area (Å²) in [5.41, 5.74) is 6.30. The second kappa shape index (κ2) is 4.92. The molecule has 2 aromatic rings. The Morgan fingerprint density at radius 2 is 2.05 bits per heavy atom. The molecule has 0 aromatic heterocycles. The number of rotatable bonds is 3. The molecule has 2 N–H and O–H groups in total. The second-order valence-corrected chi connectivity index (χ2v) is 6.22. The predicted octanol–water partition coefficient (Wildman–Crippen LogP) is 1.68. The van der Waals surface area contributed by atoms with Crippen molar-refractivity contribution in [1.82, 2.24) is 4.31 Å². The van der Waals surface area contributed by atoms with Crippen LogP contribution in [0.4, 0.5) is 5.69 Å². The van der Waals surface area contributed by atoms with Crippen LogP contribution < -0.4 is 5.73 Å². The molecule has 0 aliphatic carbocycles. The number of sulfonamides is 1. The van der Waals surface area contributed by atoms with Crippen molar-refractivity contribution in [3.63, 3.8) is 0 Å². The normalized spacial score (nSPS) is 11.6. The van der Waals surface area contributed by atoms with Gasteiger partial charge >= 0.3 is 0 Å². The smallest absolute Gasteiger partial charge is 0.244 e. The summed E-state index contributed by atoms with van der Waals surface area (Å²) < 4.78 is 26.0. The quantitative estimate of drug-likeness (QED) is 0.684. The fourth-order valence-corrected chi connectivity index (χ4v) is 3.17. The molecule has 0 heterocycles. The van der Waals surface area contributed by atoms with Crippen molar-refractivity contribution in [2.75, 3.05) is 19.3 Å². The molecule has 0 atom stereocenters. The first kappa shape index (κ1) is 13.4. The maximum absolute atomic E-state index is 12.4. The van der Waals surface area contributed by atoms with Gasteiger partial charge in [-0.2, -0.15) is 4.31 Å². The molecule has 19 heavy (non-hydrogen) atoms. The van der Waals surface area contributed by atoms with E-state index < -0.39 is 10.0 Å². The number of hydrogen-bond acceptors (Lipinski definition) is 3. The van der Waals surface area contributed by atoms with Crippen LogP contribution in [-0.4, -0.2) is 26.3 Å². The first-order valence-corrected chi connectivity index (χ1v) is 7.09. The van der Waals surface area contributed by atoms with E-state index in [1.807, 2.05) is 6.07 Å². The molecule has 0 amide bonds. The summed E-state index contributed by atoms with van der Waals surface area (Å²) in [6.45, 7) is 0.0354. The lowest BCUT2D eigenvalue weighted by molar-refractivity contribution is 0.504. The molecule has 0 aliphatic heterocycles. The molecule has 0 saturated heterocycles. The van der Waals surface area contributed by atoms with Gasteiger partial charge < -0.3 is 5.73 Å². The fourth-order valence-electron chi connectivity index (χ4n) is 1.88. The molecule has 0 aliphatic rings. The van der Waals surface area contributed by atoms with E-state index in [0.29, 0.717) is 11.1 Å². The van der Waals surface area contributed by atoms with Crippen molar-refractivity contribution < 1.29 is 8.42 Å². The van der Waals surface area contributed by atoms with E-state index in [4.69, 9.17) is 12.2 Å². The molecule has 2 aromatic carbocycles. The van der Waals surface area contributed by atoms with Crippen LogP contribution in [0.3, 0.4) is 0 Å². The van der Waals surface area contributed by atoms with E-state index in [1.54, 1.807) is 30.3 Å². The first-order chi connectivity index (χ1) is 8.96. The highest BCUT2D eigenvalue weighted by Gasteiger charge is 2.22. The predicted molar refractivity (Wildman–Crippen MR) is 77.0 cm³/mol. The zero-order valence-corrected chi connectivity index (χ0v) is 11.3. The molecule has 4 nitrogen and oxygen atoms in total. The van der Waals surface area contributed by atoms with Gasteiger partial charge in [0.25, 0.3) is 0 Å². The molecule has 0 radical (unpaired) electrons. The van der Waals surface area contributed by atoms with Gasteiger partial charge in [0.2, 0.25) is 10.0 Å². The molecule has 2 rings (SSSR count). The maximum Gasteiger partial charge on any atom is 0.244 e. The largest absolute Gasteiger partial charge is 0.399 e. The molecule has 0 fully saturated rings. The van der Waals surface area contributed by atoms with Crippen molar-refractivity contribution in [2.24, 2.45) is 0 Å². The van der Waals surface area contributed by atoms with Gasteiger partial charge in [0, 0.05) is 18.1 Å². The Balaban J connectivity index is 2.67. The zero-order valence-electron chi connectivity index (χ0n) is 10.5. The van der Waals surface area contributed by atoms with Crippen molar-refractivity contribution in [2.45, 2.75) is 4.90 Å². The summed E-state index contributed by atoms with van der Waals surface area (Å²) in [5.74, 6) is 2.33. The lowest BCUT2D eigenvalue weighted by atomic mass is 10.1. The van der Waals surface area contributed by atoms with Gasteiger partial charge in [0.15, 0.2) is 0 Å². The van der Waals surface area contributed by atoms with Gasteiger partial charge in [-0.1, -0.05) is 24.1 Å². The molecular formula is C14H14N2O2S. The van der Waals surface area contributed by atoms with Crippen LogP contribution in [0.25, 0.3) is 10.8 Å². The van der Waals surface area contributed by atoms with Crippen molar-refractivity contribution in [1.29, 1.82) is 0 Å². The number of hydrogen-bond donors (Lipinski definition) is 1. The standard InChI is InChI=1S/C14H14N2O2S/c1-3-9-16(2)19(17,18)14-6-4-5-11-10-12(15)7-8-13(11)14/h1,4-8,10H,9,15H2,2H3. The first-order valence-electron chi connectivity index (χ1n) is 5.65. The zero-order chi connectivity index (χ0) is 14.0. The Hall–Kier alpha value is -2.03. The van der Waals surface area contributed by atoms with Crippen LogP contribution in [0.5, 0.6) is 0 Å². The SMILES string of the molecule is C#CCN(C)S(=O)(=O)c1cccc2cc(N)ccc12. The monoisotopic (exact) mass is 274 g/mol. The van der Waals surface area contributed by atoms with E-state index >= 15 is 0 Å². The van der Waals surface area contributed by atoms with Crippen LogP contribution in [0.2, 0.25) is 0 Å². The molecule has 0 bridgehead atoms. The topological polar surface area (TPSA) is 63.4 Å². The van der Waals surface area contributed by atoms with Crippen LogP contribution in [0.1, 0.15) is 0 Å². The molecule has 5 heteroatoms. The van der Waals surface area contributed by atoms with Crippen LogP contribution in [-0.2, 0) is 10.0 Å². The summed E-state index contributed by atoms with van der Waals surface area (Å²) in [7, 11) is -2.13. The lowest BCUT2D eigenvalue weighted by Gasteiger charge is -2.16. The number of fused-ring (bicyclic) bond motifs is 1. The third-order valence-corrected chi connectivity index (χ3v) is 4.73. The van der Waals surface area contributed by atoms with Crippen LogP contribution in [0.15, 0.2) is 41.3 Å². The van der Waals surface area contributed by atoms with Gasteiger partial charge in [0.05, 0.1) is 11.4 Å². The van der Waals surface area contributed by atoms with E-state index in [0.717, 1.165) is 9.69 Å². The Labute approximate surface area is 112 Å². The van der Waals surface area contributed by atoms with Crippen molar-refractivity contribution in [3.05, 3.63) is 36.4 Å². The molecule has 0 unspecified atom stereocenters. The summed E-state index contributed by atoms with van der Waals surface area (Å²) in [5, 5.41) is 1.43. The van der Waals surface area contributed by atoms with E-state index in [9.17, 15) is 8.42 Å². The summed E-state index contributed by atoms with van der Waals surface area (Å²) in [6, 6.07) is 10.2. The minimum Gasteiger partial charge on any atom is -0.399 e. The number of benzene rings is 2. The second-order valence-electron chi connectivity index (χ2n) is 4.20. The molecule has 98 valence electrons. The van der Waals surface area contributed by atoms with Crippen LogP contribution >= 0.6 is 0 Å². The van der Waals surface area contributed by atoms with Gasteiger partial charge in [-0.3, -0.25) is 0 Å². The lowest BCUT2D eigenvalue weighted by Crippen LogP contribution is -2.27. The van der Waals surface area contributed by atoms with E-state index in [-0.39, 0.29) is 11.4 Å². The Morgan fingerprint density at radius 1 is 1.32 bits per heavy atom. The third-order valence-electron chi connectivity index (χ3n) is 2.87. The number of terminal acetylenes is 1. The van der Waals surface area contributed by atoms with Gasteiger partial charge in [0.1, 0.15) is 0 Å². The minimum absolute atomic E-state index is 0.0354. The van der Waals surface area contributed by atoms with Gasteiger partial charge in [-0.25, -0.2) is 8.42 Å². The highest BCUT2D eigenvalue weighted by atomic mass is 32.2. The number of nitrogens with two attached hydrogens (primary N) is 1. The third kappa shape index (κ3) is 2.41. The Bertz CT molecular complexity index is 761. The average Bonchev–Trinajstić information content (AvgIpc) is 2.37. The summed E-state index contributed by atoms with van der Waals surface area (Å²) >= 11 is 0. The fraction of sp³-hybridized carbons (Fsp3) is 0.143. The molecule has 0 spiro atoms. The number of anilines is 1. The molecular weight excluding hydrogens is 260 g/mol. The summed E-state index contributed by atoms with van der Waals surface area (Å²) in [4.78, 5) is 0.239. The maximum atomic E-state index is 12.4. The summed E-state index contributed by atoms with van der Waals surface area (Å²) in [6.07, 6.45) is 5.16. The van der Waals surface area contributed by atoms with E-state index in [2.05, 4.69) is 5.92 Å². The highest BCUT2D eigenvalue weighted by molar-refractivity contribution is 7.89. The van der Waals surface area contributed by atoms with E-state index in [1.165, 1.54) is 7.05 Å². The highest BCUT2D eigenvalue weighted by Crippen LogP contribution is 2.26. The van der Waals surface area contributed by atoms with Crippen LogP contribution in [0, 0.1) is 12.3 Å². The molecule has 0 saturated carbocycles. The van der Waals surface area contributed by atoms with Crippen molar-refractivity contribution in [3.8, 4) is 12.3 Å². The number of nitrogen functional groups attached to an aromatic ring is 1. The minimum atomic E-state index is -3.59. The Kier molecular flexibility index (Phi) is 3.47. The average molecular weight is 274 g/mol. The van der Waals surface area contributed by atoms with Gasteiger partial charge in [-0.05, 0) is 23.6 Å². The number of nitrogens with zero attached hydrogens (tertiary/aromatic N) is 1. The van der Waals surface area contributed by atoms with Gasteiger partial charge in [-0.15, -0.1) is 6.42 Å². The van der Waals surface area contributed by atoms with Crippen molar-refractivity contribution >= 4 is 26.5 Å².